The lowest BCUT2D eigenvalue weighted by Crippen LogP contribution is -2.17. The van der Waals surface area contributed by atoms with Crippen molar-refractivity contribution in [1.29, 1.82) is 0 Å². The van der Waals surface area contributed by atoms with E-state index in [2.05, 4.69) is 4.98 Å². The molecule has 2 N–H and O–H groups in total. The van der Waals surface area contributed by atoms with Gasteiger partial charge in [0.05, 0.1) is 5.52 Å². The van der Waals surface area contributed by atoms with Gasteiger partial charge >= 0.3 is 0 Å². The Kier molecular flexibility index (Phi) is 2.53. The fourth-order valence-electron chi connectivity index (χ4n) is 3.30. The molecule has 1 aromatic carbocycles. The first-order valence-corrected chi connectivity index (χ1v) is 7.25. The third-order valence-corrected chi connectivity index (χ3v) is 4.68. The first-order valence-electron chi connectivity index (χ1n) is 7.25. The van der Waals surface area contributed by atoms with Crippen LogP contribution >= 0.6 is 0 Å². The molecular formula is C15H17F2N3. The zero-order chi connectivity index (χ0) is 13.9. The SMILES string of the molecule is Nc1nc2ccc(F)c(F)c2n1CC(C1CC1)C1CC1. The molecule has 0 spiro atoms. The summed E-state index contributed by atoms with van der Waals surface area (Å²) in [6.45, 7) is 0.665. The highest BCUT2D eigenvalue weighted by atomic mass is 19.2. The van der Waals surface area contributed by atoms with Crippen LogP contribution in [0, 0.1) is 29.4 Å². The number of hydrogen-bond donors (Lipinski definition) is 1. The summed E-state index contributed by atoms with van der Waals surface area (Å²) in [5.74, 6) is 0.616. The van der Waals surface area contributed by atoms with Crippen LogP contribution in [0.2, 0.25) is 0 Å². The molecule has 4 rings (SSSR count). The number of nitrogens with two attached hydrogens (primary N) is 1. The number of nitrogens with zero attached hydrogens (tertiary/aromatic N) is 2. The Labute approximate surface area is 115 Å². The highest BCUT2D eigenvalue weighted by molar-refractivity contribution is 5.79. The Balaban J connectivity index is 1.77. The maximum absolute atomic E-state index is 14.1. The minimum Gasteiger partial charge on any atom is -0.369 e. The number of rotatable bonds is 4. The van der Waals surface area contributed by atoms with Crippen molar-refractivity contribution in [3.63, 3.8) is 0 Å². The summed E-state index contributed by atoms with van der Waals surface area (Å²) in [4.78, 5) is 4.16. The van der Waals surface area contributed by atoms with Crippen molar-refractivity contribution in [2.45, 2.75) is 32.2 Å². The van der Waals surface area contributed by atoms with Gasteiger partial charge in [0, 0.05) is 6.54 Å². The number of fused-ring (bicyclic) bond motifs is 1. The Morgan fingerprint density at radius 2 is 1.85 bits per heavy atom. The molecule has 0 amide bonds. The highest BCUT2D eigenvalue weighted by Gasteiger charge is 2.41. The monoisotopic (exact) mass is 277 g/mol. The lowest BCUT2D eigenvalue weighted by atomic mass is 9.98. The molecule has 0 radical (unpaired) electrons. The highest BCUT2D eigenvalue weighted by Crippen LogP contribution is 2.50. The predicted molar refractivity (Wildman–Crippen MR) is 73.0 cm³/mol. The lowest BCUT2D eigenvalue weighted by Gasteiger charge is -2.17. The van der Waals surface area contributed by atoms with Crippen LogP contribution in [0.15, 0.2) is 12.1 Å². The summed E-state index contributed by atoms with van der Waals surface area (Å²) in [5, 5.41) is 0. The van der Waals surface area contributed by atoms with Gasteiger partial charge in [-0.1, -0.05) is 0 Å². The Morgan fingerprint density at radius 1 is 1.20 bits per heavy atom. The number of aromatic nitrogens is 2. The van der Waals surface area contributed by atoms with Crippen LogP contribution in [0.4, 0.5) is 14.7 Å². The van der Waals surface area contributed by atoms with E-state index in [1.807, 2.05) is 0 Å². The number of anilines is 1. The first kappa shape index (κ1) is 12.1. The third kappa shape index (κ3) is 1.87. The van der Waals surface area contributed by atoms with Gasteiger partial charge in [0.2, 0.25) is 5.95 Å². The summed E-state index contributed by atoms with van der Waals surface area (Å²) in [6, 6.07) is 2.59. The van der Waals surface area contributed by atoms with E-state index in [0.29, 0.717) is 18.0 Å². The van der Waals surface area contributed by atoms with Crippen molar-refractivity contribution in [1.82, 2.24) is 9.55 Å². The van der Waals surface area contributed by atoms with Crippen LogP contribution in [-0.2, 0) is 6.54 Å². The van der Waals surface area contributed by atoms with Crippen LogP contribution in [0.1, 0.15) is 25.7 Å². The molecule has 106 valence electrons. The van der Waals surface area contributed by atoms with Gasteiger partial charge < -0.3 is 10.3 Å². The van der Waals surface area contributed by atoms with Crippen molar-refractivity contribution in [3.05, 3.63) is 23.8 Å². The van der Waals surface area contributed by atoms with Crippen LogP contribution in [0.3, 0.4) is 0 Å². The molecule has 0 atom stereocenters. The average Bonchev–Trinajstić information content (AvgIpc) is 3.30. The first-order chi connectivity index (χ1) is 9.65. The number of imidazole rings is 1. The second-order valence-electron chi connectivity index (χ2n) is 6.15. The molecule has 2 aliphatic rings. The summed E-state index contributed by atoms with van der Waals surface area (Å²) >= 11 is 0. The Morgan fingerprint density at radius 3 is 2.45 bits per heavy atom. The average molecular weight is 277 g/mol. The molecule has 0 saturated heterocycles. The lowest BCUT2D eigenvalue weighted by molar-refractivity contribution is 0.353. The molecule has 3 nitrogen and oxygen atoms in total. The van der Waals surface area contributed by atoms with Crippen molar-refractivity contribution < 1.29 is 8.78 Å². The summed E-state index contributed by atoms with van der Waals surface area (Å²) in [5.41, 5.74) is 6.58. The molecular weight excluding hydrogens is 260 g/mol. The van der Waals surface area contributed by atoms with Gasteiger partial charge in [0.25, 0.3) is 0 Å². The van der Waals surface area contributed by atoms with E-state index in [1.54, 1.807) is 4.57 Å². The largest absolute Gasteiger partial charge is 0.369 e. The summed E-state index contributed by atoms with van der Waals surface area (Å²) < 4.78 is 29.2. The zero-order valence-corrected chi connectivity index (χ0v) is 11.1. The van der Waals surface area contributed by atoms with E-state index >= 15 is 0 Å². The maximum atomic E-state index is 14.1. The summed E-state index contributed by atoms with van der Waals surface area (Å²) in [6.07, 6.45) is 5.02. The molecule has 0 bridgehead atoms. The topological polar surface area (TPSA) is 43.8 Å². The van der Waals surface area contributed by atoms with Gasteiger partial charge in [0.15, 0.2) is 11.6 Å². The molecule has 1 heterocycles. The van der Waals surface area contributed by atoms with Crippen molar-refractivity contribution in [3.8, 4) is 0 Å². The smallest absolute Gasteiger partial charge is 0.201 e. The van der Waals surface area contributed by atoms with E-state index in [-0.39, 0.29) is 11.5 Å². The van der Waals surface area contributed by atoms with Crippen LogP contribution in [-0.4, -0.2) is 9.55 Å². The third-order valence-electron chi connectivity index (χ3n) is 4.68. The number of halogens is 2. The molecule has 0 aliphatic heterocycles. The maximum Gasteiger partial charge on any atom is 0.201 e. The van der Waals surface area contributed by atoms with E-state index in [4.69, 9.17) is 5.73 Å². The van der Waals surface area contributed by atoms with Crippen molar-refractivity contribution >= 4 is 17.0 Å². The van der Waals surface area contributed by atoms with E-state index < -0.39 is 11.6 Å². The van der Waals surface area contributed by atoms with E-state index in [0.717, 1.165) is 17.9 Å². The van der Waals surface area contributed by atoms with E-state index in [9.17, 15) is 8.78 Å². The summed E-state index contributed by atoms with van der Waals surface area (Å²) in [7, 11) is 0. The molecule has 2 aliphatic carbocycles. The number of nitrogen functional groups attached to an aromatic ring is 1. The number of hydrogen-bond acceptors (Lipinski definition) is 2. The molecule has 1 aromatic heterocycles. The molecule has 20 heavy (non-hydrogen) atoms. The number of benzene rings is 1. The molecule has 2 aromatic rings. The van der Waals surface area contributed by atoms with Crippen molar-refractivity contribution in [2.75, 3.05) is 5.73 Å². The van der Waals surface area contributed by atoms with E-state index in [1.165, 1.54) is 31.7 Å². The van der Waals surface area contributed by atoms with Gasteiger partial charge in [0.1, 0.15) is 5.52 Å². The van der Waals surface area contributed by atoms with Crippen LogP contribution < -0.4 is 5.73 Å². The molecule has 2 fully saturated rings. The standard InChI is InChI=1S/C15H17F2N3/c16-11-5-6-12-14(13(11)17)20(15(18)19-12)7-10(8-1-2-8)9-3-4-9/h5-6,8-10H,1-4,7H2,(H2,18,19). The van der Waals surface area contributed by atoms with Gasteiger partial charge in [-0.15, -0.1) is 0 Å². The second-order valence-corrected chi connectivity index (χ2v) is 6.15. The predicted octanol–water partition coefficient (Wildman–Crippen LogP) is 3.33. The van der Waals surface area contributed by atoms with Gasteiger partial charge in [-0.25, -0.2) is 13.8 Å². The molecule has 5 heteroatoms. The minimum absolute atomic E-state index is 0.216. The van der Waals surface area contributed by atoms with Gasteiger partial charge in [-0.2, -0.15) is 0 Å². The van der Waals surface area contributed by atoms with Gasteiger partial charge in [-0.3, -0.25) is 0 Å². The van der Waals surface area contributed by atoms with Crippen LogP contribution in [0.5, 0.6) is 0 Å². The van der Waals surface area contributed by atoms with Crippen molar-refractivity contribution in [2.24, 2.45) is 17.8 Å². The van der Waals surface area contributed by atoms with Crippen LogP contribution in [0.25, 0.3) is 11.0 Å². The second kappa shape index (κ2) is 4.17. The molecule has 0 unspecified atom stereocenters. The zero-order valence-electron chi connectivity index (χ0n) is 11.1. The quantitative estimate of drug-likeness (QED) is 0.931. The Bertz CT molecular complexity index is 659. The Hall–Kier alpha value is -1.65. The minimum atomic E-state index is -0.840. The normalized spacial score (nSPS) is 19.1. The fraction of sp³-hybridized carbons (Fsp3) is 0.533. The fourth-order valence-corrected chi connectivity index (χ4v) is 3.30. The van der Waals surface area contributed by atoms with Gasteiger partial charge in [-0.05, 0) is 55.6 Å². The molecule has 2 saturated carbocycles.